The average molecular weight is 280 g/mol. The third-order valence-corrected chi connectivity index (χ3v) is 3.37. The molecular formula is C19H20O2. The Balaban J connectivity index is 2.12. The van der Waals surface area contributed by atoms with E-state index in [4.69, 9.17) is 9.47 Å². The summed E-state index contributed by atoms with van der Waals surface area (Å²) in [7, 11) is 3.34. The van der Waals surface area contributed by atoms with Gasteiger partial charge in [0.25, 0.3) is 0 Å². The van der Waals surface area contributed by atoms with E-state index in [-0.39, 0.29) is 5.92 Å². The van der Waals surface area contributed by atoms with Gasteiger partial charge in [0.1, 0.15) is 11.5 Å². The molecule has 108 valence electrons. The summed E-state index contributed by atoms with van der Waals surface area (Å²) in [6, 6.07) is 16.0. The second-order valence-electron chi connectivity index (χ2n) is 4.67. The van der Waals surface area contributed by atoms with E-state index < -0.39 is 0 Å². The molecule has 0 N–H and O–H groups in total. The van der Waals surface area contributed by atoms with Crippen LogP contribution < -0.4 is 9.47 Å². The Labute approximate surface area is 126 Å². The minimum Gasteiger partial charge on any atom is -0.497 e. The lowest BCUT2D eigenvalue weighted by Crippen LogP contribution is -1.91. The number of rotatable bonds is 6. The molecule has 0 aliphatic rings. The van der Waals surface area contributed by atoms with Crippen LogP contribution in [0.4, 0.5) is 0 Å². The van der Waals surface area contributed by atoms with E-state index in [2.05, 4.69) is 30.9 Å². The highest BCUT2D eigenvalue weighted by Gasteiger charge is 2.03. The molecule has 2 aromatic carbocycles. The smallest absolute Gasteiger partial charge is 0.118 e. The first-order valence-electron chi connectivity index (χ1n) is 6.85. The maximum Gasteiger partial charge on any atom is 0.118 e. The Kier molecular flexibility index (Phi) is 5.22. The first-order valence-corrected chi connectivity index (χ1v) is 6.85. The molecule has 0 amide bonds. The standard InChI is InChI=1S/C19H20O2/c1-4-16(17-9-13-19(21-3)14-10-17)8-5-15-6-11-18(20-2)12-7-15/h4-14,16H,1H2,2-3H3/b8-5+/t16-/m1/s1. The quantitative estimate of drug-likeness (QED) is 0.715. The van der Waals surface area contributed by atoms with E-state index in [1.807, 2.05) is 42.5 Å². The van der Waals surface area contributed by atoms with E-state index in [1.54, 1.807) is 14.2 Å². The van der Waals surface area contributed by atoms with E-state index in [1.165, 1.54) is 5.56 Å². The Bertz CT molecular complexity index is 594. The molecule has 0 aliphatic heterocycles. The topological polar surface area (TPSA) is 18.5 Å². The van der Waals surface area contributed by atoms with Crippen LogP contribution in [0.2, 0.25) is 0 Å². The zero-order valence-electron chi connectivity index (χ0n) is 12.5. The lowest BCUT2D eigenvalue weighted by molar-refractivity contribution is 0.414. The molecule has 0 unspecified atom stereocenters. The summed E-state index contributed by atoms with van der Waals surface area (Å²) in [6.45, 7) is 3.92. The molecule has 0 aromatic heterocycles. The highest BCUT2D eigenvalue weighted by atomic mass is 16.5. The van der Waals surface area contributed by atoms with Gasteiger partial charge in [-0.1, -0.05) is 42.5 Å². The maximum absolute atomic E-state index is 5.18. The van der Waals surface area contributed by atoms with Gasteiger partial charge in [-0.3, -0.25) is 0 Å². The fourth-order valence-electron chi connectivity index (χ4n) is 2.08. The number of methoxy groups -OCH3 is 2. The van der Waals surface area contributed by atoms with Crippen LogP contribution in [0.25, 0.3) is 6.08 Å². The van der Waals surface area contributed by atoms with Crippen molar-refractivity contribution in [1.82, 2.24) is 0 Å². The molecule has 0 heterocycles. The molecule has 0 saturated heterocycles. The molecule has 0 radical (unpaired) electrons. The van der Waals surface area contributed by atoms with Gasteiger partial charge in [-0.05, 0) is 35.4 Å². The van der Waals surface area contributed by atoms with E-state index in [9.17, 15) is 0 Å². The highest BCUT2D eigenvalue weighted by Crippen LogP contribution is 2.23. The van der Waals surface area contributed by atoms with Crippen LogP contribution in [-0.4, -0.2) is 14.2 Å². The predicted octanol–water partition coefficient (Wildman–Crippen LogP) is 4.69. The summed E-state index contributed by atoms with van der Waals surface area (Å²) in [5, 5.41) is 0. The SMILES string of the molecule is C=C[C@H](/C=C/c1ccc(OC)cc1)c1ccc(OC)cc1. The number of hydrogen-bond donors (Lipinski definition) is 0. The lowest BCUT2D eigenvalue weighted by atomic mass is 9.98. The second kappa shape index (κ2) is 7.34. The van der Waals surface area contributed by atoms with Crippen molar-refractivity contribution in [3.8, 4) is 11.5 Å². The molecule has 1 atom stereocenters. The third-order valence-electron chi connectivity index (χ3n) is 3.37. The van der Waals surface area contributed by atoms with Gasteiger partial charge in [0.15, 0.2) is 0 Å². The van der Waals surface area contributed by atoms with E-state index in [0.29, 0.717) is 0 Å². The van der Waals surface area contributed by atoms with Crippen LogP contribution in [0.3, 0.4) is 0 Å². The Morgan fingerprint density at radius 2 is 1.38 bits per heavy atom. The van der Waals surface area contributed by atoms with Gasteiger partial charge in [0.05, 0.1) is 14.2 Å². The summed E-state index contributed by atoms with van der Waals surface area (Å²) in [5.74, 6) is 1.90. The first-order chi connectivity index (χ1) is 10.3. The van der Waals surface area contributed by atoms with E-state index in [0.717, 1.165) is 17.1 Å². The van der Waals surface area contributed by atoms with Gasteiger partial charge in [-0.2, -0.15) is 0 Å². The summed E-state index contributed by atoms with van der Waals surface area (Å²) in [5.41, 5.74) is 2.33. The molecular weight excluding hydrogens is 260 g/mol. The third kappa shape index (κ3) is 3.99. The summed E-state index contributed by atoms with van der Waals surface area (Å²) in [6.07, 6.45) is 6.16. The fourth-order valence-corrected chi connectivity index (χ4v) is 2.08. The number of benzene rings is 2. The van der Waals surface area contributed by atoms with Crippen molar-refractivity contribution >= 4 is 6.08 Å². The van der Waals surface area contributed by atoms with E-state index >= 15 is 0 Å². The van der Waals surface area contributed by atoms with Crippen LogP contribution in [0.15, 0.2) is 67.3 Å². The van der Waals surface area contributed by atoms with Crippen molar-refractivity contribution in [2.24, 2.45) is 0 Å². The van der Waals surface area contributed by atoms with Crippen LogP contribution in [-0.2, 0) is 0 Å². The van der Waals surface area contributed by atoms with Gasteiger partial charge in [-0.15, -0.1) is 6.58 Å². The number of ether oxygens (including phenoxy) is 2. The van der Waals surface area contributed by atoms with Crippen LogP contribution >= 0.6 is 0 Å². The van der Waals surface area contributed by atoms with Gasteiger partial charge in [0, 0.05) is 5.92 Å². The Morgan fingerprint density at radius 3 is 1.86 bits per heavy atom. The van der Waals surface area contributed by atoms with Gasteiger partial charge in [-0.25, -0.2) is 0 Å². The number of allylic oxidation sites excluding steroid dienone is 2. The molecule has 2 nitrogen and oxygen atoms in total. The van der Waals surface area contributed by atoms with Crippen LogP contribution in [0.5, 0.6) is 11.5 Å². The summed E-state index contributed by atoms with van der Waals surface area (Å²) >= 11 is 0. The van der Waals surface area contributed by atoms with Crippen molar-refractivity contribution in [2.75, 3.05) is 14.2 Å². The van der Waals surface area contributed by atoms with Gasteiger partial charge >= 0.3 is 0 Å². The van der Waals surface area contributed by atoms with Crippen molar-refractivity contribution in [3.05, 3.63) is 78.4 Å². The van der Waals surface area contributed by atoms with Crippen molar-refractivity contribution < 1.29 is 9.47 Å². The summed E-state index contributed by atoms with van der Waals surface area (Å²) < 4.78 is 10.3. The molecule has 21 heavy (non-hydrogen) atoms. The predicted molar refractivity (Wildman–Crippen MR) is 88.0 cm³/mol. The molecule has 0 spiro atoms. The molecule has 0 bridgehead atoms. The molecule has 0 saturated carbocycles. The normalized spacial score (nSPS) is 12.1. The maximum atomic E-state index is 5.18. The minimum atomic E-state index is 0.179. The Hall–Kier alpha value is -2.48. The fraction of sp³-hybridized carbons (Fsp3) is 0.158. The average Bonchev–Trinajstić information content (AvgIpc) is 2.56. The second-order valence-corrected chi connectivity index (χ2v) is 4.67. The lowest BCUT2D eigenvalue weighted by Gasteiger charge is -2.09. The number of hydrogen-bond acceptors (Lipinski definition) is 2. The van der Waals surface area contributed by atoms with Crippen LogP contribution in [0, 0.1) is 0 Å². The molecule has 2 heteroatoms. The first kappa shape index (κ1) is 14.9. The molecule has 2 rings (SSSR count). The minimum absolute atomic E-state index is 0.179. The Morgan fingerprint density at radius 1 is 0.857 bits per heavy atom. The molecule has 0 aliphatic carbocycles. The van der Waals surface area contributed by atoms with Crippen molar-refractivity contribution in [2.45, 2.75) is 5.92 Å². The molecule has 2 aromatic rings. The van der Waals surface area contributed by atoms with Crippen molar-refractivity contribution in [1.29, 1.82) is 0 Å². The largest absolute Gasteiger partial charge is 0.497 e. The summed E-state index contributed by atoms with van der Waals surface area (Å²) in [4.78, 5) is 0. The zero-order chi connectivity index (χ0) is 15.1. The molecule has 0 fully saturated rings. The zero-order valence-corrected chi connectivity index (χ0v) is 12.5. The monoisotopic (exact) mass is 280 g/mol. The van der Waals surface area contributed by atoms with Crippen LogP contribution in [0.1, 0.15) is 17.0 Å². The highest BCUT2D eigenvalue weighted by molar-refractivity contribution is 5.53. The van der Waals surface area contributed by atoms with Gasteiger partial charge in [0.2, 0.25) is 0 Å². The van der Waals surface area contributed by atoms with Gasteiger partial charge < -0.3 is 9.47 Å². The van der Waals surface area contributed by atoms with Crippen molar-refractivity contribution in [3.63, 3.8) is 0 Å².